The van der Waals surface area contributed by atoms with Crippen molar-refractivity contribution >= 4 is 40.9 Å². The SMILES string of the molecule is COc1cc(OC)c(OC)cc1/C=C(\C#N)C(=O)Nc1ccc(Cl)c(Cl)c1. The molecule has 2 aromatic rings. The number of anilines is 1. The molecular formula is C19H16Cl2N2O4. The molecular weight excluding hydrogens is 391 g/mol. The predicted molar refractivity (Wildman–Crippen MR) is 105 cm³/mol. The third kappa shape index (κ3) is 4.85. The molecule has 140 valence electrons. The molecule has 0 heterocycles. The van der Waals surface area contributed by atoms with Gasteiger partial charge in [0.2, 0.25) is 0 Å². The van der Waals surface area contributed by atoms with Crippen molar-refractivity contribution in [2.45, 2.75) is 0 Å². The maximum Gasteiger partial charge on any atom is 0.266 e. The number of nitrogens with one attached hydrogen (secondary N) is 1. The third-order valence-electron chi connectivity index (χ3n) is 3.58. The van der Waals surface area contributed by atoms with E-state index >= 15 is 0 Å². The summed E-state index contributed by atoms with van der Waals surface area (Å²) < 4.78 is 15.8. The maximum absolute atomic E-state index is 12.4. The van der Waals surface area contributed by atoms with Crippen LogP contribution >= 0.6 is 23.2 Å². The van der Waals surface area contributed by atoms with Crippen LogP contribution in [0.5, 0.6) is 17.2 Å². The summed E-state index contributed by atoms with van der Waals surface area (Å²) in [5, 5.41) is 12.7. The number of rotatable bonds is 6. The first kappa shape index (κ1) is 20.4. The average molecular weight is 407 g/mol. The average Bonchev–Trinajstić information content (AvgIpc) is 2.68. The predicted octanol–water partition coefficient (Wildman–Crippen LogP) is 4.56. The molecule has 1 amide bonds. The lowest BCUT2D eigenvalue weighted by atomic mass is 10.1. The van der Waals surface area contributed by atoms with E-state index in [1.165, 1.54) is 33.5 Å². The lowest BCUT2D eigenvalue weighted by Gasteiger charge is -2.12. The van der Waals surface area contributed by atoms with Crippen LogP contribution in [0.15, 0.2) is 35.9 Å². The molecule has 2 aromatic carbocycles. The lowest BCUT2D eigenvalue weighted by Crippen LogP contribution is -2.13. The summed E-state index contributed by atoms with van der Waals surface area (Å²) in [5.74, 6) is 0.715. The molecule has 0 aromatic heterocycles. The molecule has 0 fully saturated rings. The second-order valence-corrected chi connectivity index (χ2v) is 6.02. The van der Waals surface area contributed by atoms with Crippen LogP contribution in [-0.4, -0.2) is 27.2 Å². The van der Waals surface area contributed by atoms with E-state index in [1.807, 2.05) is 6.07 Å². The van der Waals surface area contributed by atoms with E-state index in [9.17, 15) is 10.1 Å². The van der Waals surface area contributed by atoms with E-state index in [-0.39, 0.29) is 5.57 Å². The fraction of sp³-hybridized carbons (Fsp3) is 0.158. The summed E-state index contributed by atoms with van der Waals surface area (Å²) in [5.41, 5.74) is 0.761. The van der Waals surface area contributed by atoms with Crippen LogP contribution in [0.4, 0.5) is 5.69 Å². The molecule has 1 N–H and O–H groups in total. The molecule has 2 rings (SSSR count). The van der Waals surface area contributed by atoms with Gasteiger partial charge in [-0.15, -0.1) is 0 Å². The zero-order valence-electron chi connectivity index (χ0n) is 14.8. The highest BCUT2D eigenvalue weighted by atomic mass is 35.5. The number of hydrogen-bond donors (Lipinski definition) is 1. The number of carbonyl (C=O) groups is 1. The number of hydrogen-bond acceptors (Lipinski definition) is 5. The Kier molecular flexibility index (Phi) is 6.94. The second-order valence-electron chi connectivity index (χ2n) is 5.20. The van der Waals surface area contributed by atoms with Crippen molar-refractivity contribution < 1.29 is 19.0 Å². The van der Waals surface area contributed by atoms with Crippen LogP contribution in [0, 0.1) is 11.3 Å². The van der Waals surface area contributed by atoms with Crippen molar-refractivity contribution in [3.63, 3.8) is 0 Å². The molecule has 0 aliphatic heterocycles. The minimum Gasteiger partial charge on any atom is -0.496 e. The van der Waals surface area contributed by atoms with Crippen molar-refractivity contribution in [1.82, 2.24) is 0 Å². The Hall–Kier alpha value is -2.88. The van der Waals surface area contributed by atoms with Gasteiger partial charge in [0.1, 0.15) is 17.4 Å². The van der Waals surface area contributed by atoms with Gasteiger partial charge in [0.05, 0.1) is 31.4 Å². The number of nitrogens with zero attached hydrogens (tertiary/aromatic N) is 1. The van der Waals surface area contributed by atoms with Gasteiger partial charge in [-0.1, -0.05) is 23.2 Å². The standard InChI is InChI=1S/C19H16Cl2N2O4/c1-25-16-9-18(27-3)17(26-2)7-11(16)6-12(10-22)19(24)23-13-4-5-14(20)15(21)8-13/h4-9H,1-3H3,(H,23,24)/b12-6+. The van der Waals surface area contributed by atoms with Crippen molar-refractivity contribution in [1.29, 1.82) is 5.26 Å². The van der Waals surface area contributed by atoms with Gasteiger partial charge in [-0.05, 0) is 30.3 Å². The summed E-state index contributed by atoms with van der Waals surface area (Å²) in [4.78, 5) is 12.4. The topological polar surface area (TPSA) is 80.6 Å². The first-order valence-electron chi connectivity index (χ1n) is 7.61. The molecule has 0 saturated heterocycles. The number of halogens is 2. The van der Waals surface area contributed by atoms with Gasteiger partial charge in [-0.25, -0.2) is 0 Å². The van der Waals surface area contributed by atoms with Crippen molar-refractivity contribution in [3.05, 3.63) is 51.5 Å². The van der Waals surface area contributed by atoms with E-state index < -0.39 is 5.91 Å². The van der Waals surface area contributed by atoms with Crippen molar-refractivity contribution in [2.24, 2.45) is 0 Å². The van der Waals surface area contributed by atoms with Crippen LogP contribution in [0.2, 0.25) is 10.0 Å². The molecule has 27 heavy (non-hydrogen) atoms. The molecule has 6 nitrogen and oxygen atoms in total. The Morgan fingerprint density at radius 1 is 1.00 bits per heavy atom. The highest BCUT2D eigenvalue weighted by molar-refractivity contribution is 6.42. The van der Waals surface area contributed by atoms with Gasteiger partial charge in [-0.2, -0.15) is 5.26 Å². The van der Waals surface area contributed by atoms with Gasteiger partial charge < -0.3 is 19.5 Å². The number of amides is 1. The Labute approximate surface area is 166 Å². The summed E-state index contributed by atoms with van der Waals surface area (Å²) in [7, 11) is 4.46. The molecule has 0 saturated carbocycles. The van der Waals surface area contributed by atoms with Crippen LogP contribution in [0.25, 0.3) is 6.08 Å². The van der Waals surface area contributed by atoms with Gasteiger partial charge in [0.15, 0.2) is 11.5 Å². The van der Waals surface area contributed by atoms with Crippen molar-refractivity contribution in [2.75, 3.05) is 26.6 Å². The normalized spacial score (nSPS) is 10.7. The number of nitriles is 1. The molecule has 0 bridgehead atoms. The van der Waals surface area contributed by atoms with Crippen LogP contribution in [0.1, 0.15) is 5.56 Å². The lowest BCUT2D eigenvalue weighted by molar-refractivity contribution is -0.112. The van der Waals surface area contributed by atoms with E-state index in [4.69, 9.17) is 37.4 Å². The zero-order valence-corrected chi connectivity index (χ0v) is 16.3. The number of ether oxygens (including phenoxy) is 3. The van der Waals surface area contributed by atoms with Crippen LogP contribution < -0.4 is 19.5 Å². The minimum absolute atomic E-state index is 0.133. The quantitative estimate of drug-likeness (QED) is 0.561. The van der Waals surface area contributed by atoms with E-state index in [0.717, 1.165) is 0 Å². The molecule has 0 unspecified atom stereocenters. The molecule has 0 aliphatic rings. The molecule has 0 aliphatic carbocycles. The fourth-order valence-electron chi connectivity index (χ4n) is 2.24. The summed E-state index contributed by atoms with van der Waals surface area (Å²) in [6.45, 7) is 0. The fourth-order valence-corrected chi connectivity index (χ4v) is 2.54. The highest BCUT2D eigenvalue weighted by Crippen LogP contribution is 2.35. The second kappa shape index (κ2) is 9.17. The first-order valence-corrected chi connectivity index (χ1v) is 8.37. The Morgan fingerprint density at radius 2 is 1.63 bits per heavy atom. The molecule has 0 radical (unpaired) electrons. The van der Waals surface area contributed by atoms with Crippen LogP contribution in [-0.2, 0) is 4.79 Å². The summed E-state index contributed by atoms with van der Waals surface area (Å²) in [6, 6.07) is 9.72. The Bertz CT molecular complexity index is 936. The van der Waals surface area contributed by atoms with E-state index in [1.54, 1.807) is 24.3 Å². The molecule has 0 spiro atoms. The third-order valence-corrected chi connectivity index (χ3v) is 4.32. The first-order chi connectivity index (χ1) is 12.9. The van der Waals surface area contributed by atoms with E-state index in [0.29, 0.717) is 38.5 Å². The van der Waals surface area contributed by atoms with Gasteiger partial charge in [-0.3, -0.25) is 4.79 Å². The Balaban J connectivity index is 2.38. The molecule has 8 heteroatoms. The Morgan fingerprint density at radius 3 is 2.19 bits per heavy atom. The summed E-state index contributed by atoms with van der Waals surface area (Å²) >= 11 is 11.8. The highest BCUT2D eigenvalue weighted by Gasteiger charge is 2.15. The molecule has 0 atom stereocenters. The van der Waals surface area contributed by atoms with Crippen molar-refractivity contribution in [3.8, 4) is 23.3 Å². The van der Waals surface area contributed by atoms with Gasteiger partial charge in [0, 0.05) is 17.3 Å². The zero-order chi connectivity index (χ0) is 20.0. The van der Waals surface area contributed by atoms with Gasteiger partial charge in [0.25, 0.3) is 5.91 Å². The number of benzene rings is 2. The van der Waals surface area contributed by atoms with Crippen LogP contribution in [0.3, 0.4) is 0 Å². The summed E-state index contributed by atoms with van der Waals surface area (Å²) in [6.07, 6.45) is 1.40. The smallest absolute Gasteiger partial charge is 0.266 e. The number of carbonyl (C=O) groups excluding carboxylic acids is 1. The van der Waals surface area contributed by atoms with E-state index in [2.05, 4.69) is 5.32 Å². The number of methoxy groups -OCH3 is 3. The van der Waals surface area contributed by atoms with Gasteiger partial charge >= 0.3 is 0 Å². The maximum atomic E-state index is 12.4. The monoisotopic (exact) mass is 406 g/mol. The largest absolute Gasteiger partial charge is 0.496 e. The minimum atomic E-state index is -0.604.